The van der Waals surface area contributed by atoms with E-state index in [1.807, 2.05) is 0 Å². The van der Waals surface area contributed by atoms with Gasteiger partial charge in [-0.1, -0.05) is 0 Å². The molecule has 1 aromatic rings. The maximum absolute atomic E-state index is 6.03. The highest BCUT2D eigenvalue weighted by Crippen LogP contribution is 2.22. The topological polar surface area (TPSA) is 37.6 Å². The predicted octanol–water partition coefficient (Wildman–Crippen LogP) is 2.94. The first-order valence-electron chi connectivity index (χ1n) is 7.92. The van der Waals surface area contributed by atoms with E-state index in [0.29, 0.717) is 5.92 Å². The van der Waals surface area contributed by atoms with Crippen LogP contribution in [0.1, 0.15) is 44.3 Å². The van der Waals surface area contributed by atoms with Crippen LogP contribution in [0.3, 0.4) is 0 Å². The molecule has 1 N–H and O–H groups in total. The summed E-state index contributed by atoms with van der Waals surface area (Å²) in [5.41, 5.74) is 1.36. The molecular weight excluding hydrogens is 264 g/mol. The fourth-order valence-electron chi connectivity index (χ4n) is 2.84. The fourth-order valence-corrected chi connectivity index (χ4v) is 2.84. The van der Waals surface area contributed by atoms with Crippen molar-refractivity contribution in [1.82, 2.24) is 10.2 Å². The lowest BCUT2D eigenvalue weighted by atomic mass is 10.1. The smallest absolute Gasteiger partial charge is 0.120 e. The summed E-state index contributed by atoms with van der Waals surface area (Å²) in [5, 5.41) is 3.49. The zero-order chi connectivity index (χ0) is 15.5. The molecule has 4 nitrogen and oxygen atoms in total. The minimum Gasteiger partial charge on any atom is -0.463 e. The maximum Gasteiger partial charge on any atom is 0.120 e. The van der Waals surface area contributed by atoms with E-state index in [-0.39, 0.29) is 5.54 Å². The molecule has 0 spiro atoms. The second kappa shape index (κ2) is 6.95. The van der Waals surface area contributed by atoms with Gasteiger partial charge in [-0.2, -0.15) is 0 Å². The van der Waals surface area contributed by atoms with Crippen molar-refractivity contribution in [3.05, 3.63) is 23.2 Å². The highest BCUT2D eigenvalue weighted by atomic mass is 16.5. The molecule has 21 heavy (non-hydrogen) atoms. The summed E-state index contributed by atoms with van der Waals surface area (Å²) in [4.78, 5) is 2.46. The van der Waals surface area contributed by atoms with Gasteiger partial charge in [0.25, 0.3) is 0 Å². The first-order chi connectivity index (χ1) is 9.87. The van der Waals surface area contributed by atoms with Crippen LogP contribution in [-0.2, 0) is 17.8 Å². The maximum atomic E-state index is 6.03. The summed E-state index contributed by atoms with van der Waals surface area (Å²) >= 11 is 0. The van der Waals surface area contributed by atoms with Gasteiger partial charge in [0.05, 0.1) is 19.7 Å². The number of rotatable bonds is 6. The molecule has 0 amide bonds. The Kier molecular flexibility index (Phi) is 5.47. The molecule has 0 aromatic carbocycles. The third kappa shape index (κ3) is 5.13. The summed E-state index contributed by atoms with van der Waals surface area (Å²) in [7, 11) is 1.78. The van der Waals surface area contributed by atoms with Crippen molar-refractivity contribution in [2.75, 3.05) is 26.8 Å². The van der Waals surface area contributed by atoms with Gasteiger partial charge in [0.2, 0.25) is 0 Å². The molecule has 1 unspecified atom stereocenters. The zero-order valence-electron chi connectivity index (χ0n) is 14.2. The van der Waals surface area contributed by atoms with Crippen molar-refractivity contribution in [3.8, 4) is 0 Å². The highest BCUT2D eigenvalue weighted by Gasteiger charge is 2.23. The van der Waals surface area contributed by atoms with Crippen LogP contribution < -0.4 is 5.32 Å². The first-order valence-corrected chi connectivity index (χ1v) is 7.92. The molecular formula is C17H30N2O2. The molecule has 1 aromatic heterocycles. The third-order valence-corrected chi connectivity index (χ3v) is 4.00. The van der Waals surface area contributed by atoms with E-state index in [4.69, 9.17) is 9.15 Å². The first kappa shape index (κ1) is 16.5. The Morgan fingerprint density at radius 2 is 2.19 bits per heavy atom. The number of nitrogens with zero attached hydrogens (tertiary/aromatic N) is 1. The van der Waals surface area contributed by atoms with Crippen LogP contribution in [0.25, 0.3) is 0 Å². The van der Waals surface area contributed by atoms with Gasteiger partial charge in [0, 0.05) is 19.2 Å². The highest BCUT2D eigenvalue weighted by molar-refractivity contribution is 5.20. The van der Waals surface area contributed by atoms with Crippen LogP contribution in [0.5, 0.6) is 0 Å². The summed E-state index contributed by atoms with van der Waals surface area (Å²) in [6.45, 7) is 13.5. The number of hydrogen-bond acceptors (Lipinski definition) is 4. The van der Waals surface area contributed by atoms with Gasteiger partial charge in [-0.15, -0.1) is 0 Å². The molecule has 0 saturated carbocycles. The second-order valence-electron chi connectivity index (χ2n) is 7.27. The lowest BCUT2D eigenvalue weighted by molar-refractivity contribution is 0.151. The number of ether oxygens (including phenoxy) is 1. The van der Waals surface area contributed by atoms with E-state index in [0.717, 1.165) is 44.3 Å². The van der Waals surface area contributed by atoms with Crippen molar-refractivity contribution in [1.29, 1.82) is 0 Å². The molecule has 0 aliphatic carbocycles. The van der Waals surface area contributed by atoms with Gasteiger partial charge in [-0.3, -0.25) is 4.90 Å². The number of hydrogen-bond donors (Lipinski definition) is 1. The van der Waals surface area contributed by atoms with Gasteiger partial charge in [0.15, 0.2) is 0 Å². The average molecular weight is 294 g/mol. The van der Waals surface area contributed by atoms with Crippen LogP contribution in [0.15, 0.2) is 10.5 Å². The SMILES string of the molecule is COCC1CCN(Cc2cc(C)c(CNC(C)(C)C)o2)C1. The summed E-state index contributed by atoms with van der Waals surface area (Å²) in [6, 6.07) is 2.18. The third-order valence-electron chi connectivity index (χ3n) is 4.00. The van der Waals surface area contributed by atoms with Crippen LogP contribution in [-0.4, -0.2) is 37.2 Å². The van der Waals surface area contributed by atoms with Gasteiger partial charge < -0.3 is 14.5 Å². The van der Waals surface area contributed by atoms with E-state index < -0.39 is 0 Å². The van der Waals surface area contributed by atoms with Gasteiger partial charge >= 0.3 is 0 Å². The molecule has 2 rings (SSSR count). The molecule has 1 saturated heterocycles. The van der Waals surface area contributed by atoms with Crippen molar-refractivity contribution in [2.24, 2.45) is 5.92 Å². The Balaban J connectivity index is 1.87. The molecule has 120 valence electrons. The van der Waals surface area contributed by atoms with E-state index in [2.05, 4.69) is 44.0 Å². The number of nitrogens with one attached hydrogen (secondary N) is 1. The monoisotopic (exact) mass is 294 g/mol. The van der Waals surface area contributed by atoms with E-state index >= 15 is 0 Å². The van der Waals surface area contributed by atoms with Crippen LogP contribution in [0.2, 0.25) is 0 Å². The van der Waals surface area contributed by atoms with E-state index in [1.165, 1.54) is 12.0 Å². The van der Waals surface area contributed by atoms with Crippen molar-refractivity contribution in [2.45, 2.75) is 52.7 Å². The Morgan fingerprint density at radius 1 is 1.43 bits per heavy atom. The van der Waals surface area contributed by atoms with Crippen molar-refractivity contribution >= 4 is 0 Å². The predicted molar refractivity (Wildman–Crippen MR) is 85.3 cm³/mol. The number of methoxy groups -OCH3 is 1. The Morgan fingerprint density at radius 3 is 2.86 bits per heavy atom. The Hall–Kier alpha value is -0.840. The van der Waals surface area contributed by atoms with Gasteiger partial charge in [-0.05, 0) is 58.2 Å². The Bertz CT molecular complexity index is 448. The molecule has 0 radical (unpaired) electrons. The quantitative estimate of drug-likeness (QED) is 0.875. The molecule has 2 heterocycles. The van der Waals surface area contributed by atoms with Gasteiger partial charge in [0.1, 0.15) is 11.5 Å². The lowest BCUT2D eigenvalue weighted by Gasteiger charge is -2.19. The molecule has 1 fully saturated rings. The largest absolute Gasteiger partial charge is 0.463 e. The minimum absolute atomic E-state index is 0.113. The second-order valence-corrected chi connectivity index (χ2v) is 7.27. The fraction of sp³-hybridized carbons (Fsp3) is 0.765. The summed E-state index contributed by atoms with van der Waals surface area (Å²) < 4.78 is 11.3. The lowest BCUT2D eigenvalue weighted by Crippen LogP contribution is -2.35. The van der Waals surface area contributed by atoms with Crippen molar-refractivity contribution in [3.63, 3.8) is 0 Å². The molecule has 1 aliphatic heterocycles. The molecule has 4 heteroatoms. The number of likely N-dealkylation sites (tertiary alicyclic amines) is 1. The minimum atomic E-state index is 0.113. The summed E-state index contributed by atoms with van der Waals surface area (Å²) in [5.74, 6) is 2.82. The van der Waals surface area contributed by atoms with Crippen molar-refractivity contribution < 1.29 is 9.15 Å². The normalized spacial score (nSPS) is 20.3. The van der Waals surface area contributed by atoms with E-state index in [1.54, 1.807) is 7.11 Å². The zero-order valence-corrected chi connectivity index (χ0v) is 14.2. The summed E-state index contributed by atoms with van der Waals surface area (Å²) in [6.07, 6.45) is 1.23. The van der Waals surface area contributed by atoms with Crippen LogP contribution in [0.4, 0.5) is 0 Å². The number of aryl methyl sites for hydroxylation is 1. The standard InChI is InChI=1S/C17H30N2O2/c1-13-8-15(21-16(13)9-18-17(2,3)4)11-19-7-6-14(10-19)12-20-5/h8,14,18H,6-7,9-12H2,1-5H3. The Labute approximate surface area is 128 Å². The molecule has 1 atom stereocenters. The number of furan rings is 1. The van der Waals surface area contributed by atoms with Crippen LogP contribution >= 0.6 is 0 Å². The average Bonchev–Trinajstić information content (AvgIpc) is 2.94. The molecule has 1 aliphatic rings. The van der Waals surface area contributed by atoms with E-state index in [9.17, 15) is 0 Å². The van der Waals surface area contributed by atoms with Gasteiger partial charge in [-0.25, -0.2) is 0 Å². The molecule has 0 bridgehead atoms. The van der Waals surface area contributed by atoms with Crippen LogP contribution in [0, 0.1) is 12.8 Å².